The maximum atomic E-state index is 6.39. The number of fused-ring (bicyclic) bond motifs is 1. The Morgan fingerprint density at radius 2 is 1.37 bits per heavy atom. The average Bonchev–Trinajstić information content (AvgIpc) is 3.16. The topological polar surface area (TPSA) is 36.9 Å². The van der Waals surface area contributed by atoms with Crippen LogP contribution in [0, 0.1) is 0 Å². The van der Waals surface area contributed by atoms with Crippen LogP contribution in [0.5, 0.6) is 28.7 Å². The normalized spacial score (nSPS) is 10.8. The lowest BCUT2D eigenvalue weighted by Gasteiger charge is -2.10. The molecule has 0 saturated carbocycles. The van der Waals surface area contributed by atoms with Crippen molar-refractivity contribution in [2.75, 3.05) is 20.8 Å². The van der Waals surface area contributed by atoms with Gasteiger partial charge in [-0.2, -0.15) is 0 Å². The zero-order chi connectivity index (χ0) is 20.9. The molecule has 1 heterocycles. The number of ether oxygens (including phenoxy) is 4. The highest BCUT2D eigenvalue weighted by atomic mass is 32.1. The summed E-state index contributed by atoms with van der Waals surface area (Å²) in [6.07, 6.45) is 0.980. The summed E-state index contributed by atoms with van der Waals surface area (Å²) in [6.45, 7) is 2.80. The first-order chi connectivity index (χ1) is 14.7. The van der Waals surface area contributed by atoms with Gasteiger partial charge < -0.3 is 18.9 Å². The van der Waals surface area contributed by atoms with Crippen molar-refractivity contribution in [2.45, 2.75) is 13.3 Å². The molecule has 0 fully saturated rings. The predicted molar refractivity (Wildman–Crippen MR) is 123 cm³/mol. The highest BCUT2D eigenvalue weighted by Crippen LogP contribution is 2.47. The first kappa shape index (κ1) is 20.1. The van der Waals surface area contributed by atoms with Crippen LogP contribution in [0.3, 0.4) is 0 Å². The van der Waals surface area contributed by atoms with Crippen molar-refractivity contribution in [3.8, 4) is 39.2 Å². The van der Waals surface area contributed by atoms with Crippen LogP contribution in [0.1, 0.15) is 13.3 Å². The summed E-state index contributed by atoms with van der Waals surface area (Å²) in [4.78, 5) is 1.06. The second-order valence-electron chi connectivity index (χ2n) is 6.77. The molecular weight excluding hydrogens is 396 g/mol. The van der Waals surface area contributed by atoms with Crippen LogP contribution in [0.2, 0.25) is 0 Å². The highest BCUT2D eigenvalue weighted by Gasteiger charge is 2.17. The minimum absolute atomic E-state index is 0.707. The molecule has 5 heteroatoms. The van der Waals surface area contributed by atoms with Gasteiger partial charge >= 0.3 is 0 Å². The Kier molecular flexibility index (Phi) is 6.10. The van der Waals surface area contributed by atoms with Crippen molar-refractivity contribution in [1.82, 2.24) is 0 Å². The van der Waals surface area contributed by atoms with Crippen LogP contribution >= 0.6 is 11.3 Å². The van der Waals surface area contributed by atoms with Gasteiger partial charge in [-0.25, -0.2) is 0 Å². The SMILES string of the molecule is CCCOc1ccc(Oc2c(-c3ccc(OC)cc3)sc3cc(OC)ccc23)cc1. The van der Waals surface area contributed by atoms with E-state index in [0.717, 1.165) is 55.7 Å². The van der Waals surface area contributed by atoms with Gasteiger partial charge in [0, 0.05) is 10.1 Å². The van der Waals surface area contributed by atoms with Gasteiger partial charge in [0.2, 0.25) is 0 Å². The number of hydrogen-bond acceptors (Lipinski definition) is 5. The molecule has 154 valence electrons. The molecule has 30 heavy (non-hydrogen) atoms. The van der Waals surface area contributed by atoms with Crippen LogP contribution in [0.4, 0.5) is 0 Å². The van der Waals surface area contributed by atoms with E-state index >= 15 is 0 Å². The van der Waals surface area contributed by atoms with Gasteiger partial charge in [0.1, 0.15) is 23.0 Å². The zero-order valence-electron chi connectivity index (χ0n) is 17.3. The van der Waals surface area contributed by atoms with Gasteiger partial charge in [-0.15, -0.1) is 11.3 Å². The van der Waals surface area contributed by atoms with E-state index in [1.165, 1.54) is 0 Å². The minimum Gasteiger partial charge on any atom is -0.497 e. The summed E-state index contributed by atoms with van der Waals surface area (Å²) < 4.78 is 23.9. The first-order valence-corrected chi connectivity index (χ1v) is 10.7. The average molecular weight is 421 g/mol. The van der Waals surface area contributed by atoms with Crippen molar-refractivity contribution in [1.29, 1.82) is 0 Å². The summed E-state index contributed by atoms with van der Waals surface area (Å²) in [6, 6.07) is 21.8. The maximum absolute atomic E-state index is 6.39. The summed E-state index contributed by atoms with van der Waals surface area (Å²) in [5.74, 6) is 4.11. The molecule has 0 bridgehead atoms. The fraction of sp³-hybridized carbons (Fsp3) is 0.200. The van der Waals surface area contributed by atoms with Crippen molar-refractivity contribution < 1.29 is 18.9 Å². The molecule has 0 amide bonds. The predicted octanol–water partition coefficient (Wildman–Crippen LogP) is 7.17. The molecule has 4 aromatic rings. The van der Waals surface area contributed by atoms with Gasteiger partial charge in [0.05, 0.1) is 25.7 Å². The third kappa shape index (κ3) is 4.21. The molecule has 0 atom stereocenters. The molecule has 0 aliphatic carbocycles. The van der Waals surface area contributed by atoms with Crippen LogP contribution < -0.4 is 18.9 Å². The zero-order valence-corrected chi connectivity index (χ0v) is 18.1. The molecule has 1 aromatic heterocycles. The number of methoxy groups -OCH3 is 2. The number of hydrogen-bond donors (Lipinski definition) is 0. The molecule has 0 aliphatic rings. The third-order valence-corrected chi connectivity index (χ3v) is 5.90. The first-order valence-electron chi connectivity index (χ1n) is 9.87. The fourth-order valence-corrected chi connectivity index (χ4v) is 4.32. The van der Waals surface area contributed by atoms with E-state index < -0.39 is 0 Å². The third-order valence-electron chi connectivity index (χ3n) is 4.72. The molecule has 0 aliphatic heterocycles. The maximum Gasteiger partial charge on any atom is 0.153 e. The van der Waals surface area contributed by atoms with Crippen molar-refractivity contribution in [3.05, 3.63) is 66.7 Å². The molecule has 0 radical (unpaired) electrons. The molecule has 4 rings (SSSR count). The second kappa shape index (κ2) is 9.09. The molecule has 0 saturated heterocycles. The van der Waals surface area contributed by atoms with E-state index in [1.807, 2.05) is 54.6 Å². The summed E-state index contributed by atoms with van der Waals surface area (Å²) in [5.41, 5.74) is 1.08. The lowest BCUT2D eigenvalue weighted by Crippen LogP contribution is -1.94. The number of thiophene rings is 1. The number of rotatable bonds is 8. The van der Waals surface area contributed by atoms with E-state index in [9.17, 15) is 0 Å². The van der Waals surface area contributed by atoms with Gasteiger partial charge in [0.15, 0.2) is 5.75 Å². The van der Waals surface area contributed by atoms with E-state index in [-0.39, 0.29) is 0 Å². The monoisotopic (exact) mass is 420 g/mol. The van der Waals surface area contributed by atoms with Crippen LogP contribution in [-0.4, -0.2) is 20.8 Å². The smallest absolute Gasteiger partial charge is 0.153 e. The van der Waals surface area contributed by atoms with Gasteiger partial charge in [-0.3, -0.25) is 0 Å². The number of benzene rings is 3. The second-order valence-corrected chi connectivity index (χ2v) is 7.83. The van der Waals surface area contributed by atoms with Crippen molar-refractivity contribution in [2.24, 2.45) is 0 Å². The lowest BCUT2D eigenvalue weighted by atomic mass is 10.1. The largest absolute Gasteiger partial charge is 0.497 e. The standard InChI is InChI=1S/C25H24O4S/c1-4-15-28-19-9-11-20(12-10-19)29-24-22-14-13-21(27-3)16-23(22)30-25(24)17-5-7-18(26-2)8-6-17/h5-14,16H,4,15H2,1-3H3. The Labute approximate surface area is 180 Å². The molecule has 0 N–H and O–H groups in total. The summed E-state index contributed by atoms with van der Waals surface area (Å²) in [7, 11) is 3.35. The lowest BCUT2D eigenvalue weighted by molar-refractivity contribution is 0.317. The van der Waals surface area contributed by atoms with Gasteiger partial charge in [-0.1, -0.05) is 6.92 Å². The van der Waals surface area contributed by atoms with Gasteiger partial charge in [0.25, 0.3) is 0 Å². The quantitative estimate of drug-likeness (QED) is 0.303. The van der Waals surface area contributed by atoms with E-state index in [2.05, 4.69) is 19.1 Å². The Balaban J connectivity index is 1.74. The Morgan fingerprint density at radius 3 is 2.03 bits per heavy atom. The van der Waals surface area contributed by atoms with E-state index in [0.29, 0.717) is 6.61 Å². The molecule has 0 spiro atoms. The summed E-state index contributed by atoms with van der Waals surface area (Å²) >= 11 is 1.68. The van der Waals surface area contributed by atoms with Crippen LogP contribution in [0.25, 0.3) is 20.5 Å². The highest BCUT2D eigenvalue weighted by molar-refractivity contribution is 7.22. The summed E-state index contributed by atoms with van der Waals surface area (Å²) in [5, 5.41) is 1.05. The van der Waals surface area contributed by atoms with Crippen molar-refractivity contribution >= 4 is 21.4 Å². The van der Waals surface area contributed by atoms with Crippen molar-refractivity contribution in [3.63, 3.8) is 0 Å². The Morgan fingerprint density at radius 1 is 0.733 bits per heavy atom. The Hall–Kier alpha value is -3.18. The van der Waals surface area contributed by atoms with E-state index in [4.69, 9.17) is 18.9 Å². The van der Waals surface area contributed by atoms with Gasteiger partial charge in [-0.05, 0) is 78.7 Å². The van der Waals surface area contributed by atoms with Crippen LogP contribution in [-0.2, 0) is 0 Å². The van der Waals surface area contributed by atoms with E-state index in [1.54, 1.807) is 25.6 Å². The molecule has 0 unspecified atom stereocenters. The van der Waals surface area contributed by atoms with Crippen LogP contribution in [0.15, 0.2) is 66.7 Å². The molecular formula is C25H24O4S. The minimum atomic E-state index is 0.707. The fourth-order valence-electron chi connectivity index (χ4n) is 3.16. The molecule has 3 aromatic carbocycles. The Bertz CT molecular complexity index is 1110. The molecule has 4 nitrogen and oxygen atoms in total.